The van der Waals surface area contributed by atoms with Gasteiger partial charge in [-0.3, -0.25) is 4.79 Å². The van der Waals surface area contributed by atoms with Crippen molar-refractivity contribution >= 4 is 5.97 Å². The lowest BCUT2D eigenvalue weighted by atomic mass is 9.89. The Balaban J connectivity index is 2.03. The molecule has 0 saturated carbocycles. The highest BCUT2D eigenvalue weighted by Crippen LogP contribution is 2.32. The number of pyridine rings is 1. The van der Waals surface area contributed by atoms with Crippen LogP contribution in [0.25, 0.3) is 11.1 Å². The molecule has 2 N–H and O–H groups in total. The van der Waals surface area contributed by atoms with E-state index in [1.807, 2.05) is 30.3 Å². The SMILES string of the molecule is CC(C)c1ccccc1-c1ccccc1Cc1ccc(C(=O)O)c(=O)[nH]1. The van der Waals surface area contributed by atoms with Gasteiger partial charge >= 0.3 is 5.97 Å². The molecule has 0 aliphatic heterocycles. The van der Waals surface area contributed by atoms with E-state index in [9.17, 15) is 9.59 Å². The van der Waals surface area contributed by atoms with Gasteiger partial charge in [-0.05, 0) is 40.3 Å². The lowest BCUT2D eigenvalue weighted by molar-refractivity contribution is 0.0695. The Morgan fingerprint density at radius 2 is 1.62 bits per heavy atom. The van der Waals surface area contributed by atoms with Crippen LogP contribution in [0.15, 0.2) is 65.5 Å². The molecule has 1 aromatic heterocycles. The summed E-state index contributed by atoms with van der Waals surface area (Å²) in [7, 11) is 0. The highest BCUT2D eigenvalue weighted by molar-refractivity contribution is 5.87. The van der Waals surface area contributed by atoms with E-state index in [0.29, 0.717) is 18.0 Å². The third kappa shape index (κ3) is 3.59. The Bertz CT molecular complexity index is 1000. The molecule has 4 heteroatoms. The first-order valence-electron chi connectivity index (χ1n) is 8.60. The van der Waals surface area contributed by atoms with E-state index in [1.165, 1.54) is 17.2 Å². The molecule has 0 atom stereocenters. The molecule has 3 aromatic rings. The quantitative estimate of drug-likeness (QED) is 0.716. The highest BCUT2D eigenvalue weighted by atomic mass is 16.4. The van der Waals surface area contributed by atoms with Crippen LogP contribution in [0.5, 0.6) is 0 Å². The molecular weight excluding hydrogens is 326 g/mol. The summed E-state index contributed by atoms with van der Waals surface area (Å²) < 4.78 is 0. The first-order chi connectivity index (χ1) is 12.5. The molecule has 0 aliphatic rings. The van der Waals surface area contributed by atoms with Gasteiger partial charge in [-0.15, -0.1) is 0 Å². The predicted octanol–water partition coefficient (Wildman–Crippen LogP) is 4.45. The van der Waals surface area contributed by atoms with Crippen molar-refractivity contribution in [3.63, 3.8) is 0 Å². The fourth-order valence-corrected chi connectivity index (χ4v) is 3.17. The van der Waals surface area contributed by atoms with Gasteiger partial charge in [0.2, 0.25) is 0 Å². The molecule has 26 heavy (non-hydrogen) atoms. The van der Waals surface area contributed by atoms with Crippen molar-refractivity contribution in [1.29, 1.82) is 0 Å². The van der Waals surface area contributed by atoms with Crippen LogP contribution in [-0.4, -0.2) is 16.1 Å². The van der Waals surface area contributed by atoms with Crippen molar-refractivity contribution < 1.29 is 9.90 Å². The lowest BCUT2D eigenvalue weighted by Crippen LogP contribution is -2.18. The number of rotatable bonds is 5. The number of aromatic carboxylic acids is 1. The zero-order valence-corrected chi connectivity index (χ0v) is 14.8. The van der Waals surface area contributed by atoms with Gasteiger partial charge in [0.05, 0.1) is 0 Å². The van der Waals surface area contributed by atoms with Gasteiger partial charge in [-0.2, -0.15) is 0 Å². The summed E-state index contributed by atoms with van der Waals surface area (Å²) in [5.41, 5.74) is 4.54. The number of hydrogen-bond acceptors (Lipinski definition) is 2. The molecule has 0 aliphatic carbocycles. The third-order valence-corrected chi connectivity index (χ3v) is 4.47. The number of carbonyl (C=O) groups is 1. The monoisotopic (exact) mass is 347 g/mol. The van der Waals surface area contributed by atoms with Crippen LogP contribution in [0, 0.1) is 0 Å². The molecular formula is C22H21NO3. The van der Waals surface area contributed by atoms with Crippen LogP contribution in [0.2, 0.25) is 0 Å². The Morgan fingerprint density at radius 1 is 0.962 bits per heavy atom. The Hall–Kier alpha value is -3.14. The standard InChI is InChI=1S/C22H21NO3/c1-14(2)17-8-5-6-10-19(17)18-9-4-3-7-15(18)13-16-11-12-20(22(25)26)21(24)23-16/h3-12,14H,13H2,1-2H3,(H,23,24)(H,25,26). The number of aromatic amines is 1. The van der Waals surface area contributed by atoms with Gasteiger partial charge in [0, 0.05) is 12.1 Å². The Kier molecular flexibility index (Phi) is 5.03. The van der Waals surface area contributed by atoms with Crippen LogP contribution in [0.1, 0.15) is 46.9 Å². The van der Waals surface area contributed by atoms with Gasteiger partial charge in [0.25, 0.3) is 5.56 Å². The van der Waals surface area contributed by atoms with Gasteiger partial charge in [-0.1, -0.05) is 62.4 Å². The Morgan fingerprint density at radius 3 is 2.27 bits per heavy atom. The molecule has 0 fully saturated rings. The molecule has 4 nitrogen and oxygen atoms in total. The zero-order chi connectivity index (χ0) is 18.7. The first kappa shape index (κ1) is 17.7. The molecule has 0 radical (unpaired) electrons. The topological polar surface area (TPSA) is 70.2 Å². The van der Waals surface area contributed by atoms with Crippen LogP contribution in [-0.2, 0) is 6.42 Å². The molecule has 132 valence electrons. The minimum absolute atomic E-state index is 0.243. The van der Waals surface area contributed by atoms with Crippen LogP contribution < -0.4 is 5.56 Å². The van der Waals surface area contributed by atoms with Gasteiger partial charge < -0.3 is 10.1 Å². The minimum Gasteiger partial charge on any atom is -0.477 e. The summed E-state index contributed by atoms with van der Waals surface area (Å²) in [5, 5.41) is 9.00. The summed E-state index contributed by atoms with van der Waals surface area (Å²) in [6.07, 6.45) is 0.526. The predicted molar refractivity (Wildman–Crippen MR) is 103 cm³/mol. The summed E-state index contributed by atoms with van der Waals surface area (Å²) in [6, 6.07) is 19.5. The van der Waals surface area contributed by atoms with E-state index >= 15 is 0 Å². The zero-order valence-electron chi connectivity index (χ0n) is 14.8. The number of carboxylic acid groups (broad SMARTS) is 1. The number of nitrogens with one attached hydrogen (secondary N) is 1. The lowest BCUT2D eigenvalue weighted by Gasteiger charge is -2.16. The van der Waals surface area contributed by atoms with Gasteiger partial charge in [0.15, 0.2) is 0 Å². The maximum absolute atomic E-state index is 11.9. The number of aromatic nitrogens is 1. The molecule has 0 saturated heterocycles. The average Bonchev–Trinajstić information content (AvgIpc) is 2.62. The Labute approximate surface area is 152 Å². The summed E-state index contributed by atoms with van der Waals surface area (Å²) in [5.74, 6) is -0.821. The minimum atomic E-state index is -1.22. The largest absolute Gasteiger partial charge is 0.477 e. The van der Waals surface area contributed by atoms with E-state index in [1.54, 1.807) is 6.07 Å². The maximum Gasteiger partial charge on any atom is 0.341 e. The number of benzene rings is 2. The second-order valence-electron chi connectivity index (χ2n) is 6.61. The fourth-order valence-electron chi connectivity index (χ4n) is 3.17. The fraction of sp³-hybridized carbons (Fsp3) is 0.182. The van der Waals surface area contributed by atoms with Crippen molar-refractivity contribution in [2.24, 2.45) is 0 Å². The number of carboxylic acids is 1. The molecule has 0 amide bonds. The maximum atomic E-state index is 11.9. The first-order valence-corrected chi connectivity index (χ1v) is 8.60. The summed E-state index contributed by atoms with van der Waals surface area (Å²) >= 11 is 0. The average molecular weight is 347 g/mol. The third-order valence-electron chi connectivity index (χ3n) is 4.47. The van der Waals surface area contributed by atoms with Crippen LogP contribution in [0.4, 0.5) is 0 Å². The summed E-state index contributed by atoms with van der Waals surface area (Å²) in [6.45, 7) is 4.34. The normalized spacial score (nSPS) is 10.9. The van der Waals surface area contributed by atoms with Gasteiger partial charge in [0.1, 0.15) is 5.56 Å². The van der Waals surface area contributed by atoms with Crippen molar-refractivity contribution in [1.82, 2.24) is 4.98 Å². The van der Waals surface area contributed by atoms with Crippen LogP contribution >= 0.6 is 0 Å². The summed E-state index contributed by atoms with van der Waals surface area (Å²) in [4.78, 5) is 25.6. The molecule has 0 unspecified atom stereocenters. The van der Waals surface area contributed by atoms with E-state index in [2.05, 4.69) is 37.0 Å². The second kappa shape index (κ2) is 7.40. The van der Waals surface area contributed by atoms with Crippen LogP contribution in [0.3, 0.4) is 0 Å². The molecule has 0 bridgehead atoms. The van der Waals surface area contributed by atoms with E-state index in [4.69, 9.17) is 5.11 Å². The van der Waals surface area contributed by atoms with E-state index in [-0.39, 0.29) is 5.56 Å². The van der Waals surface area contributed by atoms with Crippen molar-refractivity contribution in [3.8, 4) is 11.1 Å². The molecule has 3 rings (SSSR count). The van der Waals surface area contributed by atoms with E-state index < -0.39 is 11.5 Å². The van der Waals surface area contributed by atoms with Crippen molar-refractivity contribution in [3.05, 3.63) is 93.4 Å². The van der Waals surface area contributed by atoms with E-state index in [0.717, 1.165) is 11.1 Å². The number of H-pyrrole nitrogens is 1. The molecule has 1 heterocycles. The highest BCUT2D eigenvalue weighted by Gasteiger charge is 2.13. The van der Waals surface area contributed by atoms with Crippen molar-refractivity contribution in [2.75, 3.05) is 0 Å². The van der Waals surface area contributed by atoms with Crippen molar-refractivity contribution in [2.45, 2.75) is 26.2 Å². The smallest absolute Gasteiger partial charge is 0.341 e. The number of hydrogen-bond donors (Lipinski definition) is 2. The molecule has 2 aromatic carbocycles. The molecule has 0 spiro atoms. The van der Waals surface area contributed by atoms with Gasteiger partial charge in [-0.25, -0.2) is 4.79 Å². The second-order valence-corrected chi connectivity index (χ2v) is 6.61.